The summed E-state index contributed by atoms with van der Waals surface area (Å²) in [5, 5.41) is 12.4. The number of nitrogens with zero attached hydrogens (tertiary/aromatic N) is 2. The van der Waals surface area contributed by atoms with Gasteiger partial charge in [-0.1, -0.05) is 23.2 Å². The fraction of sp³-hybridized carbons (Fsp3) is 0.190. The summed E-state index contributed by atoms with van der Waals surface area (Å²) in [5.74, 6) is -5.93. The molecule has 0 spiro atoms. The third-order valence-electron chi connectivity index (χ3n) is 5.01. The van der Waals surface area contributed by atoms with E-state index in [9.17, 15) is 29.3 Å². The van der Waals surface area contributed by atoms with E-state index in [0.717, 1.165) is 30.4 Å². The number of anilines is 1. The van der Waals surface area contributed by atoms with Crippen molar-refractivity contribution < 1.29 is 24.0 Å². The van der Waals surface area contributed by atoms with E-state index >= 15 is 0 Å². The molecule has 11 nitrogen and oxygen atoms in total. The lowest BCUT2D eigenvalue weighted by Crippen LogP contribution is -2.37. The lowest BCUT2D eigenvalue weighted by molar-refractivity contribution is -0.384. The SMILES string of the molecule is COC(=O)[C@H](C(=O)C(=O)Nc1c(Cl)cc([N+](=O)[O-])cc1Cl)c1nc2cc(C)c(C)cc2[nH]c1=O. The van der Waals surface area contributed by atoms with Crippen molar-refractivity contribution in [3.63, 3.8) is 0 Å². The highest BCUT2D eigenvalue weighted by atomic mass is 35.5. The van der Waals surface area contributed by atoms with Crippen molar-refractivity contribution in [3.05, 3.63) is 71.6 Å². The van der Waals surface area contributed by atoms with Crippen molar-refractivity contribution >= 4 is 63.3 Å². The first-order chi connectivity index (χ1) is 15.9. The molecule has 0 unspecified atom stereocenters. The number of carbonyl (C=O) groups is 3. The standard InChI is InChI=1S/C21H16Cl2N4O7/c1-8-4-13-14(5-9(8)2)25-19(29)17(24-13)15(21(31)34-3)18(28)20(30)26-16-11(22)6-10(27(32)33)7-12(16)23/h4-7,15H,1-3H3,(H,25,29)(H,26,30)/t15-/m0/s1. The number of aromatic amines is 1. The van der Waals surface area contributed by atoms with Crippen molar-refractivity contribution in [3.8, 4) is 0 Å². The Bertz CT molecular complexity index is 1410. The van der Waals surface area contributed by atoms with Crippen LogP contribution in [0.15, 0.2) is 29.1 Å². The van der Waals surface area contributed by atoms with E-state index in [4.69, 9.17) is 23.2 Å². The number of rotatable bonds is 6. The summed E-state index contributed by atoms with van der Waals surface area (Å²) in [6.07, 6.45) is 0. The fourth-order valence-corrected chi connectivity index (χ4v) is 3.68. The Balaban J connectivity index is 2.03. The summed E-state index contributed by atoms with van der Waals surface area (Å²) in [7, 11) is 0.979. The molecular formula is C21H16Cl2N4O7. The van der Waals surface area contributed by atoms with Crippen molar-refractivity contribution in [2.75, 3.05) is 12.4 Å². The van der Waals surface area contributed by atoms with Crippen LogP contribution < -0.4 is 10.9 Å². The molecule has 0 fully saturated rings. The number of Topliss-reactive ketones (excluding diaryl/α,β-unsaturated/α-hetero) is 1. The molecule has 1 amide bonds. The number of esters is 1. The van der Waals surface area contributed by atoms with Crippen LogP contribution in [-0.2, 0) is 19.1 Å². The molecule has 0 saturated carbocycles. The maximum atomic E-state index is 13.0. The quantitative estimate of drug-likeness (QED) is 0.169. The third-order valence-corrected chi connectivity index (χ3v) is 5.60. The Kier molecular flexibility index (Phi) is 6.99. The minimum Gasteiger partial charge on any atom is -0.468 e. The number of H-pyrrole nitrogens is 1. The molecule has 0 aliphatic carbocycles. The Morgan fingerprint density at radius 2 is 1.71 bits per heavy atom. The summed E-state index contributed by atoms with van der Waals surface area (Å²) in [5.41, 5.74) is 0.269. The Morgan fingerprint density at radius 1 is 1.12 bits per heavy atom. The molecule has 0 aliphatic heterocycles. The molecule has 1 heterocycles. The zero-order valence-corrected chi connectivity index (χ0v) is 19.4. The number of hydrogen-bond donors (Lipinski definition) is 2. The van der Waals surface area contributed by atoms with Gasteiger partial charge < -0.3 is 15.0 Å². The number of halogens is 2. The molecule has 13 heteroatoms. The Hall–Kier alpha value is -3.83. The maximum absolute atomic E-state index is 13.0. The zero-order valence-electron chi connectivity index (χ0n) is 17.9. The van der Waals surface area contributed by atoms with Gasteiger partial charge in [-0.3, -0.25) is 29.3 Å². The van der Waals surface area contributed by atoms with Crippen LogP contribution in [0.3, 0.4) is 0 Å². The maximum Gasteiger partial charge on any atom is 0.323 e. The monoisotopic (exact) mass is 506 g/mol. The number of hydrogen-bond acceptors (Lipinski definition) is 8. The smallest absolute Gasteiger partial charge is 0.323 e. The number of aryl methyl sites for hydroxylation is 2. The van der Waals surface area contributed by atoms with Gasteiger partial charge >= 0.3 is 5.97 Å². The Labute approximate surface area is 201 Å². The number of carbonyl (C=O) groups excluding carboxylic acids is 3. The van der Waals surface area contributed by atoms with Crippen LogP contribution in [0.1, 0.15) is 22.7 Å². The van der Waals surface area contributed by atoms with E-state index in [1.807, 2.05) is 13.8 Å². The third kappa shape index (κ3) is 4.75. The highest BCUT2D eigenvalue weighted by molar-refractivity contribution is 6.48. The van der Waals surface area contributed by atoms with Crippen molar-refractivity contribution in [2.24, 2.45) is 0 Å². The molecule has 176 valence electrons. The number of ketones is 1. The second-order valence-corrected chi connectivity index (χ2v) is 8.04. The predicted octanol–water partition coefficient (Wildman–Crippen LogP) is 3.22. The van der Waals surface area contributed by atoms with Crippen LogP contribution in [0.5, 0.6) is 0 Å². The first kappa shape index (κ1) is 24.8. The lowest BCUT2D eigenvalue weighted by Gasteiger charge is -2.14. The van der Waals surface area contributed by atoms with Gasteiger partial charge in [0.2, 0.25) is 5.78 Å². The predicted molar refractivity (Wildman–Crippen MR) is 123 cm³/mol. The highest BCUT2D eigenvalue weighted by Gasteiger charge is 2.38. The Morgan fingerprint density at radius 3 is 2.26 bits per heavy atom. The van der Waals surface area contributed by atoms with Gasteiger partial charge in [-0.05, 0) is 37.1 Å². The highest BCUT2D eigenvalue weighted by Crippen LogP contribution is 2.35. The minimum atomic E-state index is -1.99. The number of nitrogens with one attached hydrogen (secondary N) is 2. The molecule has 3 aromatic rings. The van der Waals surface area contributed by atoms with Gasteiger partial charge in [0.1, 0.15) is 5.69 Å². The number of non-ortho nitro benzene ring substituents is 1. The number of nitro groups is 1. The first-order valence-corrected chi connectivity index (χ1v) is 10.3. The molecule has 2 N–H and O–H groups in total. The van der Waals surface area contributed by atoms with Gasteiger partial charge in [-0.2, -0.15) is 0 Å². The molecule has 0 saturated heterocycles. The average molecular weight is 507 g/mol. The van der Waals surface area contributed by atoms with Gasteiger partial charge in [-0.25, -0.2) is 4.98 Å². The van der Waals surface area contributed by atoms with Crippen LogP contribution in [-0.4, -0.2) is 39.7 Å². The van der Waals surface area contributed by atoms with E-state index < -0.39 is 45.4 Å². The largest absolute Gasteiger partial charge is 0.468 e. The van der Waals surface area contributed by atoms with E-state index in [-0.39, 0.29) is 15.7 Å². The number of fused-ring (bicyclic) bond motifs is 1. The molecule has 1 atom stereocenters. The average Bonchev–Trinajstić information content (AvgIpc) is 2.77. The summed E-state index contributed by atoms with van der Waals surface area (Å²) in [6, 6.07) is 5.18. The number of aromatic nitrogens is 2. The van der Waals surface area contributed by atoms with Crippen LogP contribution >= 0.6 is 23.2 Å². The molecule has 0 bridgehead atoms. The first-order valence-electron chi connectivity index (χ1n) is 9.52. The van der Waals surface area contributed by atoms with Gasteiger partial charge in [-0.15, -0.1) is 0 Å². The normalized spacial score (nSPS) is 11.7. The van der Waals surface area contributed by atoms with E-state index in [1.165, 1.54) is 0 Å². The van der Waals surface area contributed by atoms with E-state index in [2.05, 4.69) is 20.0 Å². The zero-order chi connectivity index (χ0) is 25.3. The summed E-state index contributed by atoms with van der Waals surface area (Å²) >= 11 is 11.9. The van der Waals surface area contributed by atoms with Gasteiger partial charge in [0.05, 0.1) is 38.8 Å². The molecule has 2 aromatic carbocycles. The number of nitro benzene ring substituents is 1. The summed E-state index contributed by atoms with van der Waals surface area (Å²) in [6.45, 7) is 3.65. The molecule has 34 heavy (non-hydrogen) atoms. The number of methoxy groups -OCH3 is 1. The molecular weight excluding hydrogens is 491 g/mol. The summed E-state index contributed by atoms with van der Waals surface area (Å²) in [4.78, 5) is 67.6. The number of ether oxygens (including phenoxy) is 1. The number of amides is 1. The van der Waals surface area contributed by atoms with Crippen LogP contribution in [0.2, 0.25) is 10.0 Å². The van der Waals surface area contributed by atoms with Crippen LogP contribution in [0.4, 0.5) is 11.4 Å². The topological polar surface area (TPSA) is 161 Å². The summed E-state index contributed by atoms with van der Waals surface area (Å²) < 4.78 is 4.63. The lowest BCUT2D eigenvalue weighted by atomic mass is 9.99. The van der Waals surface area contributed by atoms with E-state index in [1.54, 1.807) is 12.1 Å². The van der Waals surface area contributed by atoms with Crippen LogP contribution in [0, 0.1) is 24.0 Å². The van der Waals surface area contributed by atoms with Gasteiger partial charge in [0, 0.05) is 12.1 Å². The van der Waals surface area contributed by atoms with Gasteiger partial charge in [0.15, 0.2) is 5.92 Å². The van der Waals surface area contributed by atoms with Crippen molar-refractivity contribution in [2.45, 2.75) is 19.8 Å². The molecule has 0 aliphatic rings. The second kappa shape index (κ2) is 9.57. The minimum absolute atomic E-state index is 0.289. The fourth-order valence-electron chi connectivity index (χ4n) is 3.11. The van der Waals surface area contributed by atoms with E-state index in [0.29, 0.717) is 11.0 Å². The molecule has 3 rings (SSSR count). The van der Waals surface area contributed by atoms with Crippen molar-refractivity contribution in [1.82, 2.24) is 9.97 Å². The molecule has 0 radical (unpaired) electrons. The molecule has 1 aromatic heterocycles. The second-order valence-electron chi connectivity index (χ2n) is 7.22. The van der Waals surface area contributed by atoms with Crippen LogP contribution in [0.25, 0.3) is 11.0 Å². The number of benzene rings is 2. The van der Waals surface area contributed by atoms with Crippen molar-refractivity contribution in [1.29, 1.82) is 0 Å². The van der Waals surface area contributed by atoms with Gasteiger partial charge in [0.25, 0.3) is 17.2 Å².